The number of benzene rings is 2. The van der Waals surface area contributed by atoms with Crippen LogP contribution in [0.3, 0.4) is 0 Å². The van der Waals surface area contributed by atoms with E-state index in [0.717, 1.165) is 4.31 Å². The summed E-state index contributed by atoms with van der Waals surface area (Å²) >= 11 is 1.27. The van der Waals surface area contributed by atoms with Crippen LogP contribution in [0.25, 0.3) is 0 Å². The van der Waals surface area contributed by atoms with Gasteiger partial charge in [0.05, 0.1) is 10.6 Å². The highest BCUT2D eigenvalue weighted by Gasteiger charge is 2.33. The van der Waals surface area contributed by atoms with Gasteiger partial charge in [0.25, 0.3) is 5.91 Å². The van der Waals surface area contributed by atoms with Crippen molar-refractivity contribution in [3.63, 3.8) is 0 Å². The summed E-state index contributed by atoms with van der Waals surface area (Å²) in [6.07, 6.45) is 0. The minimum atomic E-state index is -4.07. The number of carbonyl (C=O) groups excluding carboxylic acids is 1. The number of likely N-dealkylation sites (N-methyl/N-ethyl adjacent to an activating group) is 1. The van der Waals surface area contributed by atoms with Crippen molar-refractivity contribution in [1.29, 1.82) is 0 Å². The Morgan fingerprint density at radius 1 is 1.21 bits per heavy atom. The molecule has 33 heavy (non-hydrogen) atoms. The van der Waals surface area contributed by atoms with Crippen molar-refractivity contribution in [2.24, 2.45) is 0 Å². The van der Waals surface area contributed by atoms with Gasteiger partial charge >= 0.3 is 0 Å². The van der Waals surface area contributed by atoms with Gasteiger partial charge in [-0.25, -0.2) is 18.3 Å². The summed E-state index contributed by atoms with van der Waals surface area (Å²) < 4.78 is 50.6. The first kappa shape index (κ1) is 24.7. The molecule has 9 nitrogen and oxygen atoms in total. The summed E-state index contributed by atoms with van der Waals surface area (Å²) in [5.74, 6) is 0.593. The van der Waals surface area contributed by atoms with E-state index in [9.17, 15) is 17.6 Å². The molecule has 1 atom stereocenters. The van der Waals surface area contributed by atoms with E-state index in [4.69, 9.17) is 14.5 Å². The van der Waals surface area contributed by atoms with Gasteiger partial charge in [0, 0.05) is 24.6 Å². The summed E-state index contributed by atoms with van der Waals surface area (Å²) in [7, 11) is -2.81. The number of halogens is 1. The summed E-state index contributed by atoms with van der Waals surface area (Å²) in [6, 6.07) is 11.5. The number of amides is 1. The molecule has 0 radical (unpaired) electrons. The lowest BCUT2D eigenvalue weighted by atomic mass is 10.3. The zero-order valence-corrected chi connectivity index (χ0v) is 19.4. The third kappa shape index (κ3) is 6.32. The summed E-state index contributed by atoms with van der Waals surface area (Å²) in [4.78, 5) is 12.1. The van der Waals surface area contributed by atoms with Gasteiger partial charge in [0.15, 0.2) is 0 Å². The molecule has 1 aromatic heterocycles. The molecule has 0 aliphatic rings. The normalized spacial score (nSPS) is 12.5. The molecule has 2 N–H and O–H groups in total. The second-order valence-electron chi connectivity index (χ2n) is 6.98. The topological polar surface area (TPSA) is 122 Å². The van der Waals surface area contributed by atoms with Crippen molar-refractivity contribution < 1.29 is 32.1 Å². The molecule has 0 bridgehead atoms. The Bertz CT molecular complexity index is 1180. The van der Waals surface area contributed by atoms with Crippen LogP contribution in [-0.4, -0.2) is 47.8 Å². The molecular formula is C21H22FN3O6S2. The molecule has 0 aliphatic heterocycles. The number of thioether (sulfide) groups is 1. The largest absolute Gasteiger partial charge is 0.457 e. The molecule has 12 heteroatoms. The third-order valence-electron chi connectivity index (χ3n) is 4.60. The SMILES string of the molecule is Cc1cc(CSC[C@H](C(=O)NO)N(C)S(=O)(=O)c2ccc(Oc3ccc(F)cc3)cc2)no1. The van der Waals surface area contributed by atoms with Crippen molar-refractivity contribution in [2.75, 3.05) is 12.8 Å². The molecule has 0 fully saturated rings. The van der Waals surface area contributed by atoms with E-state index in [1.165, 1.54) is 72.8 Å². The summed E-state index contributed by atoms with van der Waals surface area (Å²) in [5.41, 5.74) is 2.18. The molecule has 2 aromatic carbocycles. The second kappa shape index (κ2) is 10.8. The van der Waals surface area contributed by atoms with Crippen LogP contribution in [0.2, 0.25) is 0 Å². The number of sulfonamides is 1. The predicted octanol–water partition coefficient (Wildman–Crippen LogP) is 3.34. The minimum absolute atomic E-state index is 0.0654. The number of carbonyl (C=O) groups is 1. The Morgan fingerprint density at radius 3 is 2.36 bits per heavy atom. The molecule has 3 rings (SSSR count). The molecule has 0 saturated heterocycles. The number of hydroxylamine groups is 1. The Labute approximate surface area is 194 Å². The van der Waals surface area contributed by atoms with Crippen LogP contribution >= 0.6 is 11.8 Å². The van der Waals surface area contributed by atoms with E-state index in [2.05, 4.69) is 5.16 Å². The average Bonchev–Trinajstić information content (AvgIpc) is 3.22. The third-order valence-corrected chi connectivity index (χ3v) is 7.54. The fraction of sp³-hybridized carbons (Fsp3) is 0.238. The zero-order chi connectivity index (χ0) is 24.0. The first-order chi connectivity index (χ1) is 15.7. The van der Waals surface area contributed by atoms with E-state index < -0.39 is 27.8 Å². The van der Waals surface area contributed by atoms with Crippen molar-refractivity contribution in [3.8, 4) is 11.5 Å². The number of rotatable bonds is 10. The molecule has 176 valence electrons. The van der Waals surface area contributed by atoms with E-state index in [-0.39, 0.29) is 10.6 Å². The smallest absolute Gasteiger partial charge is 0.262 e. The highest BCUT2D eigenvalue weighted by molar-refractivity contribution is 7.98. The number of aromatic nitrogens is 1. The lowest BCUT2D eigenvalue weighted by Crippen LogP contribution is -2.48. The zero-order valence-electron chi connectivity index (χ0n) is 17.8. The van der Waals surface area contributed by atoms with Crippen molar-refractivity contribution in [3.05, 3.63) is 71.9 Å². The number of aryl methyl sites for hydroxylation is 1. The average molecular weight is 496 g/mol. The molecule has 1 amide bonds. The van der Waals surface area contributed by atoms with E-state index in [1.807, 2.05) is 0 Å². The lowest BCUT2D eigenvalue weighted by Gasteiger charge is -2.25. The maximum atomic E-state index is 13.1. The fourth-order valence-electron chi connectivity index (χ4n) is 2.83. The van der Waals surface area contributed by atoms with Crippen molar-refractivity contribution >= 4 is 27.7 Å². The van der Waals surface area contributed by atoms with Crippen LogP contribution < -0.4 is 10.2 Å². The van der Waals surface area contributed by atoms with Crippen LogP contribution in [0.15, 0.2) is 64.0 Å². The van der Waals surface area contributed by atoms with Crippen LogP contribution in [0, 0.1) is 12.7 Å². The van der Waals surface area contributed by atoms with E-state index >= 15 is 0 Å². The number of nitrogens with zero attached hydrogens (tertiary/aromatic N) is 2. The Balaban J connectivity index is 1.70. The summed E-state index contributed by atoms with van der Waals surface area (Å²) in [5, 5.41) is 13.0. The molecule has 1 heterocycles. The minimum Gasteiger partial charge on any atom is -0.457 e. The molecule has 0 spiro atoms. The number of ether oxygens (including phenoxy) is 1. The van der Waals surface area contributed by atoms with Crippen LogP contribution in [0.1, 0.15) is 11.5 Å². The van der Waals surface area contributed by atoms with Gasteiger partial charge in [-0.2, -0.15) is 16.1 Å². The van der Waals surface area contributed by atoms with Gasteiger partial charge in [-0.3, -0.25) is 10.0 Å². The maximum absolute atomic E-state index is 13.1. The van der Waals surface area contributed by atoms with Crippen LogP contribution in [0.4, 0.5) is 4.39 Å². The van der Waals surface area contributed by atoms with Crippen LogP contribution in [0.5, 0.6) is 11.5 Å². The van der Waals surface area contributed by atoms with Crippen molar-refractivity contribution in [1.82, 2.24) is 14.9 Å². The monoisotopic (exact) mass is 495 g/mol. The Kier molecular flexibility index (Phi) is 8.08. The molecule has 3 aromatic rings. The predicted molar refractivity (Wildman–Crippen MR) is 119 cm³/mol. The highest BCUT2D eigenvalue weighted by atomic mass is 32.2. The highest BCUT2D eigenvalue weighted by Crippen LogP contribution is 2.26. The van der Waals surface area contributed by atoms with Gasteiger partial charge < -0.3 is 9.26 Å². The fourth-order valence-corrected chi connectivity index (χ4v) is 5.31. The van der Waals surface area contributed by atoms with Gasteiger partial charge in [-0.15, -0.1) is 0 Å². The second-order valence-corrected chi connectivity index (χ2v) is 10.0. The number of nitrogens with one attached hydrogen (secondary N) is 1. The number of hydrogen-bond donors (Lipinski definition) is 2. The van der Waals surface area contributed by atoms with E-state index in [0.29, 0.717) is 28.7 Å². The molecular weight excluding hydrogens is 473 g/mol. The first-order valence-electron chi connectivity index (χ1n) is 9.66. The lowest BCUT2D eigenvalue weighted by molar-refractivity contribution is -0.132. The first-order valence-corrected chi connectivity index (χ1v) is 12.3. The standard InChI is InChI=1S/C21H22FN3O6S2/c1-14-11-16(24-31-14)12-32-13-20(21(26)23-27)25(2)33(28,29)19-9-7-18(8-10-19)30-17-5-3-15(22)4-6-17/h3-11,20,27H,12-13H2,1-2H3,(H,23,26)/t20-/m1/s1. The van der Waals surface area contributed by atoms with Gasteiger partial charge in [0.1, 0.15) is 29.1 Å². The van der Waals surface area contributed by atoms with E-state index in [1.54, 1.807) is 13.0 Å². The molecule has 0 saturated carbocycles. The van der Waals surface area contributed by atoms with Gasteiger partial charge in [-0.05, 0) is 55.5 Å². The molecule has 0 unspecified atom stereocenters. The Hall–Kier alpha value is -2.93. The number of hydrogen-bond acceptors (Lipinski definition) is 8. The van der Waals surface area contributed by atoms with Gasteiger partial charge in [-0.1, -0.05) is 5.16 Å². The maximum Gasteiger partial charge on any atom is 0.262 e. The molecule has 0 aliphatic carbocycles. The quantitative estimate of drug-likeness (QED) is 0.324. The summed E-state index contributed by atoms with van der Waals surface area (Å²) in [6.45, 7) is 1.75. The Morgan fingerprint density at radius 2 is 1.82 bits per heavy atom. The van der Waals surface area contributed by atoms with Crippen molar-refractivity contribution in [2.45, 2.75) is 23.6 Å². The van der Waals surface area contributed by atoms with Gasteiger partial charge in [0.2, 0.25) is 10.0 Å². The van der Waals surface area contributed by atoms with Crippen LogP contribution in [-0.2, 0) is 20.6 Å².